The van der Waals surface area contributed by atoms with Crippen molar-refractivity contribution in [3.8, 4) is 11.5 Å². The summed E-state index contributed by atoms with van der Waals surface area (Å²) in [6.07, 6.45) is 0. The monoisotopic (exact) mass is 247 g/mol. The summed E-state index contributed by atoms with van der Waals surface area (Å²) in [7, 11) is 3.20. The van der Waals surface area contributed by atoms with Crippen LogP contribution in [0.4, 0.5) is 5.69 Å². The SMILES string of the molecule is COc1ccc2c(c1OC)CN1CC(=O)NC1=N2. The van der Waals surface area contributed by atoms with Gasteiger partial charge in [-0.05, 0) is 12.1 Å². The minimum absolute atomic E-state index is 0.0347. The van der Waals surface area contributed by atoms with Gasteiger partial charge in [0.2, 0.25) is 11.9 Å². The molecular weight excluding hydrogens is 234 g/mol. The molecule has 0 aromatic heterocycles. The first-order chi connectivity index (χ1) is 8.72. The number of aliphatic imine (C=N–C) groups is 1. The second kappa shape index (κ2) is 3.90. The zero-order valence-corrected chi connectivity index (χ0v) is 10.2. The Morgan fingerprint density at radius 1 is 1.28 bits per heavy atom. The van der Waals surface area contributed by atoms with Crippen molar-refractivity contribution in [3.63, 3.8) is 0 Å². The standard InChI is InChI=1S/C12H13N3O3/c1-17-9-4-3-8-7(11(9)18-2)5-15-6-10(16)14-12(15)13-8/h3-4H,5-6H2,1-2H3,(H,13,14,16). The van der Waals surface area contributed by atoms with Gasteiger partial charge in [-0.1, -0.05) is 0 Å². The molecule has 1 fully saturated rings. The van der Waals surface area contributed by atoms with E-state index in [1.807, 2.05) is 17.0 Å². The molecule has 0 saturated carbocycles. The molecule has 1 N–H and O–H groups in total. The third kappa shape index (κ3) is 1.49. The van der Waals surface area contributed by atoms with Gasteiger partial charge in [0.1, 0.15) is 6.54 Å². The molecular formula is C12H13N3O3. The molecule has 1 amide bonds. The number of nitrogens with one attached hydrogen (secondary N) is 1. The summed E-state index contributed by atoms with van der Waals surface area (Å²) >= 11 is 0. The average molecular weight is 247 g/mol. The van der Waals surface area contributed by atoms with Gasteiger partial charge < -0.3 is 14.4 Å². The topological polar surface area (TPSA) is 63.2 Å². The number of carbonyl (C=O) groups excluding carboxylic acids is 1. The van der Waals surface area contributed by atoms with Crippen LogP contribution in [0.1, 0.15) is 5.56 Å². The van der Waals surface area contributed by atoms with Gasteiger partial charge in [0, 0.05) is 5.56 Å². The summed E-state index contributed by atoms with van der Waals surface area (Å²) in [5.74, 6) is 1.93. The van der Waals surface area contributed by atoms with Crippen LogP contribution in [0.3, 0.4) is 0 Å². The maximum absolute atomic E-state index is 11.3. The van der Waals surface area contributed by atoms with Crippen LogP contribution in [0.2, 0.25) is 0 Å². The molecule has 1 saturated heterocycles. The lowest BCUT2D eigenvalue weighted by Gasteiger charge is -2.25. The fraction of sp³-hybridized carbons (Fsp3) is 0.333. The largest absolute Gasteiger partial charge is 0.493 e. The van der Waals surface area contributed by atoms with Crippen LogP contribution in [-0.4, -0.2) is 37.5 Å². The number of ether oxygens (including phenoxy) is 2. The lowest BCUT2D eigenvalue weighted by molar-refractivity contribution is -0.118. The first-order valence-electron chi connectivity index (χ1n) is 5.60. The van der Waals surface area contributed by atoms with Gasteiger partial charge in [0.05, 0.1) is 26.5 Å². The van der Waals surface area contributed by atoms with Crippen LogP contribution >= 0.6 is 0 Å². The summed E-state index contributed by atoms with van der Waals surface area (Å²) in [6, 6.07) is 3.68. The van der Waals surface area contributed by atoms with E-state index < -0.39 is 0 Å². The average Bonchev–Trinajstić information content (AvgIpc) is 2.73. The van der Waals surface area contributed by atoms with Crippen molar-refractivity contribution in [2.45, 2.75) is 6.54 Å². The smallest absolute Gasteiger partial charge is 0.246 e. The van der Waals surface area contributed by atoms with Gasteiger partial charge >= 0.3 is 0 Å². The molecule has 18 heavy (non-hydrogen) atoms. The highest BCUT2D eigenvalue weighted by atomic mass is 16.5. The molecule has 0 aliphatic carbocycles. The van der Waals surface area contributed by atoms with E-state index in [0.29, 0.717) is 30.5 Å². The third-order valence-corrected chi connectivity index (χ3v) is 3.08. The van der Waals surface area contributed by atoms with E-state index in [1.165, 1.54) is 0 Å². The number of carbonyl (C=O) groups is 1. The molecule has 0 atom stereocenters. The Morgan fingerprint density at radius 2 is 2.11 bits per heavy atom. The molecule has 1 aromatic carbocycles. The minimum atomic E-state index is -0.0347. The van der Waals surface area contributed by atoms with Gasteiger partial charge in [0.25, 0.3) is 0 Å². The summed E-state index contributed by atoms with van der Waals surface area (Å²) in [5.41, 5.74) is 1.75. The fourth-order valence-electron chi connectivity index (χ4n) is 2.26. The molecule has 1 aromatic rings. The van der Waals surface area contributed by atoms with Crippen LogP contribution in [0.5, 0.6) is 11.5 Å². The number of amides is 1. The van der Waals surface area contributed by atoms with E-state index in [0.717, 1.165) is 11.3 Å². The van der Waals surface area contributed by atoms with Crippen molar-refractivity contribution < 1.29 is 14.3 Å². The molecule has 3 rings (SSSR count). The van der Waals surface area contributed by atoms with E-state index in [2.05, 4.69) is 10.3 Å². The van der Waals surface area contributed by atoms with Crippen molar-refractivity contribution in [1.29, 1.82) is 0 Å². The van der Waals surface area contributed by atoms with Crippen molar-refractivity contribution >= 4 is 17.6 Å². The maximum atomic E-state index is 11.3. The zero-order chi connectivity index (χ0) is 12.7. The highest BCUT2D eigenvalue weighted by molar-refractivity contribution is 6.06. The second-order valence-corrected chi connectivity index (χ2v) is 4.14. The minimum Gasteiger partial charge on any atom is -0.493 e. The molecule has 0 unspecified atom stereocenters. The van der Waals surface area contributed by atoms with Crippen molar-refractivity contribution in [2.75, 3.05) is 20.8 Å². The number of nitrogens with zero attached hydrogens (tertiary/aromatic N) is 2. The molecule has 0 spiro atoms. The maximum Gasteiger partial charge on any atom is 0.246 e. The number of hydrogen-bond acceptors (Lipinski definition) is 5. The molecule has 2 aliphatic heterocycles. The van der Waals surface area contributed by atoms with Gasteiger partial charge in [-0.25, -0.2) is 4.99 Å². The van der Waals surface area contributed by atoms with Gasteiger partial charge in [0.15, 0.2) is 11.5 Å². The first-order valence-corrected chi connectivity index (χ1v) is 5.60. The van der Waals surface area contributed by atoms with Crippen LogP contribution in [0.15, 0.2) is 17.1 Å². The Bertz CT molecular complexity index is 554. The summed E-state index contributed by atoms with van der Waals surface area (Å²) < 4.78 is 10.6. The third-order valence-electron chi connectivity index (χ3n) is 3.08. The number of fused-ring (bicyclic) bond motifs is 2. The van der Waals surface area contributed by atoms with Crippen LogP contribution in [-0.2, 0) is 11.3 Å². The molecule has 2 aliphatic rings. The molecule has 6 heteroatoms. The molecule has 0 radical (unpaired) electrons. The normalized spacial score (nSPS) is 16.7. The zero-order valence-electron chi connectivity index (χ0n) is 10.2. The first kappa shape index (κ1) is 10.9. The Morgan fingerprint density at radius 3 is 2.83 bits per heavy atom. The Balaban J connectivity index is 2.09. The van der Waals surface area contributed by atoms with Gasteiger partial charge in [-0.15, -0.1) is 0 Å². The van der Waals surface area contributed by atoms with E-state index in [4.69, 9.17) is 9.47 Å². The lowest BCUT2D eigenvalue weighted by Crippen LogP contribution is -2.32. The highest BCUT2D eigenvalue weighted by Crippen LogP contribution is 2.40. The van der Waals surface area contributed by atoms with E-state index in [1.54, 1.807) is 14.2 Å². The predicted molar refractivity (Wildman–Crippen MR) is 65.2 cm³/mol. The number of rotatable bonds is 2. The van der Waals surface area contributed by atoms with Crippen molar-refractivity contribution in [3.05, 3.63) is 17.7 Å². The predicted octanol–water partition coefficient (Wildman–Crippen LogP) is 0.637. The Labute approximate surface area is 104 Å². The molecule has 2 heterocycles. The van der Waals surface area contributed by atoms with E-state index >= 15 is 0 Å². The summed E-state index contributed by atoms with van der Waals surface area (Å²) in [4.78, 5) is 17.6. The molecule has 0 bridgehead atoms. The quantitative estimate of drug-likeness (QED) is 0.833. The van der Waals surface area contributed by atoms with Crippen LogP contribution < -0.4 is 14.8 Å². The molecule has 6 nitrogen and oxygen atoms in total. The van der Waals surface area contributed by atoms with Crippen LogP contribution in [0.25, 0.3) is 0 Å². The van der Waals surface area contributed by atoms with E-state index in [9.17, 15) is 4.79 Å². The Kier molecular flexibility index (Phi) is 2.36. The number of hydrogen-bond donors (Lipinski definition) is 1. The van der Waals surface area contributed by atoms with Gasteiger partial charge in [-0.3, -0.25) is 10.1 Å². The Hall–Kier alpha value is -2.24. The van der Waals surface area contributed by atoms with Crippen molar-refractivity contribution in [2.24, 2.45) is 4.99 Å². The molecule has 94 valence electrons. The summed E-state index contributed by atoms with van der Waals surface area (Å²) in [5, 5.41) is 2.73. The summed E-state index contributed by atoms with van der Waals surface area (Å²) in [6.45, 7) is 0.923. The number of methoxy groups -OCH3 is 2. The second-order valence-electron chi connectivity index (χ2n) is 4.14. The van der Waals surface area contributed by atoms with E-state index in [-0.39, 0.29) is 5.91 Å². The number of benzene rings is 1. The van der Waals surface area contributed by atoms with Crippen LogP contribution in [0, 0.1) is 0 Å². The van der Waals surface area contributed by atoms with Crippen molar-refractivity contribution in [1.82, 2.24) is 10.2 Å². The highest BCUT2D eigenvalue weighted by Gasteiger charge is 2.31. The van der Waals surface area contributed by atoms with Gasteiger partial charge in [-0.2, -0.15) is 0 Å². The lowest BCUT2D eigenvalue weighted by atomic mass is 10.1. The number of guanidine groups is 1. The fourth-order valence-corrected chi connectivity index (χ4v) is 2.26.